The van der Waals surface area contributed by atoms with Crippen molar-refractivity contribution in [2.45, 2.75) is 13.0 Å². The van der Waals surface area contributed by atoms with E-state index >= 15 is 0 Å². The quantitative estimate of drug-likeness (QED) is 0.871. The third-order valence-corrected chi connectivity index (χ3v) is 4.68. The van der Waals surface area contributed by atoms with Crippen LogP contribution in [0.15, 0.2) is 22.7 Å². The highest BCUT2D eigenvalue weighted by atomic mass is 79.9. The summed E-state index contributed by atoms with van der Waals surface area (Å²) in [6.45, 7) is 4.11. The third kappa shape index (κ3) is 2.42. The highest BCUT2D eigenvalue weighted by molar-refractivity contribution is 9.10. The van der Waals surface area contributed by atoms with Gasteiger partial charge in [0.1, 0.15) is 0 Å². The standard InChI is InChI=1S/C13H15BrN2O.ClH/c1-7-2-3-8(4-11(7)14)13(17)16-12-9-5-15-6-10(9)12;/h2-4,9-10,12,15H,5-6H2,1H3,(H,16,17);1H. The van der Waals surface area contributed by atoms with Gasteiger partial charge in [0.25, 0.3) is 5.91 Å². The molecule has 1 aliphatic heterocycles. The molecular weight excluding hydrogens is 316 g/mol. The van der Waals surface area contributed by atoms with Crippen molar-refractivity contribution in [1.29, 1.82) is 0 Å². The Labute approximate surface area is 121 Å². The van der Waals surface area contributed by atoms with Gasteiger partial charge in [-0.25, -0.2) is 0 Å². The lowest BCUT2D eigenvalue weighted by atomic mass is 10.1. The lowest BCUT2D eigenvalue weighted by molar-refractivity contribution is 0.0946. The number of hydrogen-bond acceptors (Lipinski definition) is 2. The summed E-state index contributed by atoms with van der Waals surface area (Å²) in [6.07, 6.45) is 0. The number of fused-ring (bicyclic) bond motifs is 1. The molecule has 3 rings (SSSR count). The number of halogens is 2. The van der Waals surface area contributed by atoms with Crippen LogP contribution >= 0.6 is 28.3 Å². The molecule has 0 radical (unpaired) electrons. The average molecular weight is 332 g/mol. The Morgan fingerprint density at radius 1 is 1.39 bits per heavy atom. The van der Waals surface area contributed by atoms with Gasteiger partial charge in [0, 0.05) is 29.2 Å². The van der Waals surface area contributed by atoms with Gasteiger partial charge >= 0.3 is 0 Å². The van der Waals surface area contributed by atoms with Crippen molar-refractivity contribution in [3.8, 4) is 0 Å². The van der Waals surface area contributed by atoms with E-state index < -0.39 is 0 Å². The second kappa shape index (κ2) is 5.19. The van der Waals surface area contributed by atoms with Crippen LogP contribution in [0.1, 0.15) is 15.9 Å². The van der Waals surface area contributed by atoms with Gasteiger partial charge in [-0.3, -0.25) is 4.79 Å². The molecule has 2 N–H and O–H groups in total. The SMILES string of the molecule is Cc1ccc(C(=O)NC2C3CNCC32)cc1Br.Cl. The van der Waals surface area contributed by atoms with Crippen molar-refractivity contribution in [3.05, 3.63) is 33.8 Å². The van der Waals surface area contributed by atoms with Crippen molar-refractivity contribution < 1.29 is 4.79 Å². The van der Waals surface area contributed by atoms with E-state index in [4.69, 9.17) is 0 Å². The van der Waals surface area contributed by atoms with E-state index in [1.807, 2.05) is 25.1 Å². The molecule has 0 spiro atoms. The predicted molar refractivity (Wildman–Crippen MR) is 77.2 cm³/mol. The fourth-order valence-corrected chi connectivity index (χ4v) is 2.98. The minimum absolute atomic E-state index is 0. The first-order valence-electron chi connectivity index (χ1n) is 5.94. The van der Waals surface area contributed by atoms with Gasteiger partial charge in [0.2, 0.25) is 0 Å². The molecule has 5 heteroatoms. The number of benzene rings is 1. The van der Waals surface area contributed by atoms with E-state index in [1.54, 1.807) is 0 Å². The molecular formula is C13H16BrClN2O. The molecule has 1 aromatic carbocycles. The second-order valence-corrected chi connectivity index (χ2v) is 5.80. The Bertz CT molecular complexity index is 470. The van der Waals surface area contributed by atoms with Gasteiger partial charge in [-0.2, -0.15) is 0 Å². The van der Waals surface area contributed by atoms with Crippen molar-refractivity contribution in [2.75, 3.05) is 13.1 Å². The number of carbonyl (C=O) groups excluding carboxylic acids is 1. The number of amides is 1. The van der Waals surface area contributed by atoms with Crippen LogP contribution in [-0.2, 0) is 0 Å². The molecule has 18 heavy (non-hydrogen) atoms. The molecule has 3 nitrogen and oxygen atoms in total. The lowest BCUT2D eigenvalue weighted by Crippen LogP contribution is -2.32. The summed E-state index contributed by atoms with van der Waals surface area (Å²) in [5, 5.41) is 6.44. The molecule has 1 saturated heterocycles. The zero-order chi connectivity index (χ0) is 12.0. The molecule has 2 unspecified atom stereocenters. The van der Waals surface area contributed by atoms with Gasteiger partial charge in [-0.05, 0) is 36.5 Å². The minimum Gasteiger partial charge on any atom is -0.349 e. The van der Waals surface area contributed by atoms with Gasteiger partial charge < -0.3 is 10.6 Å². The number of aryl methyl sites for hydroxylation is 1. The normalized spacial score (nSPS) is 28.2. The summed E-state index contributed by atoms with van der Waals surface area (Å²) in [6, 6.07) is 6.13. The van der Waals surface area contributed by atoms with E-state index in [0.29, 0.717) is 17.9 Å². The van der Waals surface area contributed by atoms with Crippen LogP contribution in [0, 0.1) is 18.8 Å². The number of rotatable bonds is 2. The zero-order valence-electron chi connectivity index (χ0n) is 10.1. The molecule has 1 aliphatic carbocycles. The van der Waals surface area contributed by atoms with Crippen LogP contribution in [-0.4, -0.2) is 25.0 Å². The second-order valence-electron chi connectivity index (χ2n) is 4.95. The molecule has 2 aliphatic rings. The molecule has 1 aromatic rings. The molecule has 2 atom stereocenters. The summed E-state index contributed by atoms with van der Waals surface area (Å²) in [4.78, 5) is 12.0. The summed E-state index contributed by atoms with van der Waals surface area (Å²) in [5.41, 5.74) is 1.88. The Balaban J connectivity index is 0.00000120. The van der Waals surface area contributed by atoms with Crippen LogP contribution in [0.2, 0.25) is 0 Å². The summed E-state index contributed by atoms with van der Waals surface area (Å²) in [7, 11) is 0. The zero-order valence-corrected chi connectivity index (χ0v) is 12.5. The Morgan fingerprint density at radius 3 is 2.67 bits per heavy atom. The van der Waals surface area contributed by atoms with Crippen LogP contribution in [0.3, 0.4) is 0 Å². The predicted octanol–water partition coefficient (Wildman–Crippen LogP) is 2.13. The van der Waals surface area contributed by atoms with Crippen molar-refractivity contribution >= 4 is 34.2 Å². The maximum absolute atomic E-state index is 12.0. The number of carbonyl (C=O) groups is 1. The summed E-state index contributed by atoms with van der Waals surface area (Å²) >= 11 is 3.45. The molecule has 1 amide bonds. The average Bonchev–Trinajstić information content (AvgIpc) is 2.76. The van der Waals surface area contributed by atoms with Crippen LogP contribution in [0.25, 0.3) is 0 Å². The Hall–Kier alpha value is -0.580. The molecule has 1 saturated carbocycles. The van der Waals surface area contributed by atoms with E-state index in [0.717, 1.165) is 28.7 Å². The fourth-order valence-electron chi connectivity index (χ4n) is 2.60. The molecule has 2 fully saturated rings. The van der Waals surface area contributed by atoms with Gasteiger partial charge in [-0.15, -0.1) is 12.4 Å². The lowest BCUT2D eigenvalue weighted by Gasteiger charge is -2.08. The number of nitrogens with one attached hydrogen (secondary N) is 2. The molecule has 0 aromatic heterocycles. The Kier molecular flexibility index (Phi) is 3.99. The van der Waals surface area contributed by atoms with E-state index in [1.165, 1.54) is 0 Å². The van der Waals surface area contributed by atoms with Gasteiger partial charge in [0.05, 0.1) is 0 Å². The highest BCUT2D eigenvalue weighted by Crippen LogP contribution is 2.41. The van der Waals surface area contributed by atoms with Gasteiger partial charge in [-0.1, -0.05) is 22.0 Å². The van der Waals surface area contributed by atoms with E-state index in [9.17, 15) is 4.79 Å². The van der Waals surface area contributed by atoms with Crippen molar-refractivity contribution in [2.24, 2.45) is 11.8 Å². The van der Waals surface area contributed by atoms with Crippen molar-refractivity contribution in [1.82, 2.24) is 10.6 Å². The molecule has 1 heterocycles. The Morgan fingerprint density at radius 2 is 2.06 bits per heavy atom. The summed E-state index contributed by atoms with van der Waals surface area (Å²) in [5.74, 6) is 1.37. The van der Waals surface area contributed by atoms with Crippen molar-refractivity contribution in [3.63, 3.8) is 0 Å². The van der Waals surface area contributed by atoms with E-state index in [-0.39, 0.29) is 18.3 Å². The fraction of sp³-hybridized carbons (Fsp3) is 0.462. The largest absolute Gasteiger partial charge is 0.349 e. The monoisotopic (exact) mass is 330 g/mol. The maximum Gasteiger partial charge on any atom is 0.251 e. The highest BCUT2D eigenvalue weighted by Gasteiger charge is 2.53. The summed E-state index contributed by atoms with van der Waals surface area (Å²) < 4.78 is 0.989. The van der Waals surface area contributed by atoms with E-state index in [2.05, 4.69) is 26.6 Å². The molecule has 98 valence electrons. The van der Waals surface area contributed by atoms with Crippen LogP contribution < -0.4 is 10.6 Å². The van der Waals surface area contributed by atoms with Crippen LogP contribution in [0.5, 0.6) is 0 Å². The smallest absolute Gasteiger partial charge is 0.251 e. The minimum atomic E-state index is 0. The first kappa shape index (κ1) is 13.8. The first-order valence-corrected chi connectivity index (χ1v) is 6.74. The first-order chi connectivity index (χ1) is 8.16. The topological polar surface area (TPSA) is 41.1 Å². The number of hydrogen-bond donors (Lipinski definition) is 2. The maximum atomic E-state index is 12.0. The molecule has 0 bridgehead atoms. The van der Waals surface area contributed by atoms with Crippen LogP contribution in [0.4, 0.5) is 0 Å². The number of piperidine rings is 1. The third-order valence-electron chi connectivity index (χ3n) is 3.82. The van der Waals surface area contributed by atoms with Gasteiger partial charge in [0.15, 0.2) is 0 Å².